The fourth-order valence-corrected chi connectivity index (χ4v) is 6.37. The van der Waals surface area contributed by atoms with Crippen molar-refractivity contribution in [2.75, 3.05) is 15.1 Å². The molecule has 0 aliphatic rings. The van der Waals surface area contributed by atoms with Gasteiger partial charge in [-0.2, -0.15) is 0 Å². The molecule has 8 rings (SSSR count). The van der Waals surface area contributed by atoms with Crippen molar-refractivity contribution in [3.05, 3.63) is 194 Å². The maximum Gasteiger partial charge on any atom is 0.0540 e. The Morgan fingerprint density at radius 2 is 0.638 bits per heavy atom. The number of nitrogens with zero attached hydrogens (tertiary/aromatic N) is 2. The van der Waals surface area contributed by atoms with Gasteiger partial charge in [0, 0.05) is 44.9 Å². The molecule has 0 bridgehead atoms. The summed E-state index contributed by atoms with van der Waals surface area (Å²) in [6, 6.07) is 68.6. The summed E-state index contributed by atoms with van der Waals surface area (Å²) in [6.07, 6.45) is 0. The molecule has 0 radical (unpaired) electrons. The van der Waals surface area contributed by atoms with Gasteiger partial charge in [0.25, 0.3) is 0 Å². The molecule has 0 aliphatic heterocycles. The molecule has 3 heteroatoms. The maximum atomic E-state index is 3.62. The van der Waals surface area contributed by atoms with Gasteiger partial charge < -0.3 is 15.1 Å². The van der Waals surface area contributed by atoms with Crippen molar-refractivity contribution < 1.29 is 0 Å². The molecule has 0 heterocycles. The molecular weight excluding hydrogens is 571 g/mol. The predicted octanol–water partition coefficient (Wildman–Crippen LogP) is 12.7. The smallest absolute Gasteiger partial charge is 0.0540 e. The van der Waals surface area contributed by atoms with Crippen LogP contribution in [0.1, 0.15) is 0 Å². The van der Waals surface area contributed by atoms with E-state index in [1.54, 1.807) is 0 Å². The van der Waals surface area contributed by atoms with Crippen LogP contribution >= 0.6 is 0 Å². The third-order valence-electron chi connectivity index (χ3n) is 8.58. The second-order valence-corrected chi connectivity index (χ2v) is 11.6. The van der Waals surface area contributed by atoms with Crippen LogP contribution in [-0.4, -0.2) is 0 Å². The molecular formula is C44H33N3. The minimum absolute atomic E-state index is 1.03. The summed E-state index contributed by atoms with van der Waals surface area (Å²) in [5, 5.41) is 8.48. The van der Waals surface area contributed by atoms with Crippen LogP contribution in [0.5, 0.6) is 0 Å². The zero-order chi connectivity index (χ0) is 31.4. The molecule has 8 aromatic rings. The second kappa shape index (κ2) is 12.6. The lowest BCUT2D eigenvalue weighted by molar-refractivity contribution is 1.28. The highest BCUT2D eigenvalue weighted by molar-refractivity contribution is 6.04. The molecule has 0 unspecified atom stereocenters. The Morgan fingerprint density at radius 3 is 1.11 bits per heavy atom. The monoisotopic (exact) mass is 603 g/mol. The number of fused-ring (bicyclic) bond motifs is 2. The van der Waals surface area contributed by atoms with Gasteiger partial charge in [0.1, 0.15) is 0 Å². The quantitative estimate of drug-likeness (QED) is 0.186. The van der Waals surface area contributed by atoms with Crippen LogP contribution in [0.4, 0.5) is 45.5 Å². The number of hydrogen-bond donors (Lipinski definition) is 1. The Labute approximate surface area is 275 Å². The van der Waals surface area contributed by atoms with E-state index >= 15 is 0 Å². The van der Waals surface area contributed by atoms with Crippen LogP contribution in [0.15, 0.2) is 194 Å². The second-order valence-electron chi connectivity index (χ2n) is 11.6. The lowest BCUT2D eigenvalue weighted by atomic mass is 10.0. The molecule has 0 amide bonds. The van der Waals surface area contributed by atoms with E-state index in [0.717, 1.165) is 45.5 Å². The van der Waals surface area contributed by atoms with Gasteiger partial charge in [0.05, 0.1) is 11.4 Å². The first kappa shape index (κ1) is 28.2. The summed E-state index contributed by atoms with van der Waals surface area (Å²) in [4.78, 5) is 4.65. The number of benzene rings is 8. The highest BCUT2D eigenvalue weighted by Crippen LogP contribution is 2.42. The average molecular weight is 604 g/mol. The topological polar surface area (TPSA) is 18.5 Å². The summed E-state index contributed by atoms with van der Waals surface area (Å²) in [7, 11) is 0. The van der Waals surface area contributed by atoms with Crippen molar-refractivity contribution in [2.24, 2.45) is 0 Å². The minimum atomic E-state index is 1.03. The molecule has 0 atom stereocenters. The zero-order valence-corrected chi connectivity index (χ0v) is 25.9. The lowest BCUT2D eigenvalue weighted by Gasteiger charge is -2.28. The normalized spacial score (nSPS) is 11.0. The molecule has 47 heavy (non-hydrogen) atoms. The standard InChI is InChI=1S/C44H33N3/c1-3-17-37(18-4-1)46(38-19-5-2-6-20-38)39-29-25-35(26-30-39)45-36-27-31-40(32-28-36)47(43-23-11-15-33-13-7-9-21-41(33)43)44-24-12-16-34-14-8-10-22-42(34)44/h1-32,45H. The summed E-state index contributed by atoms with van der Waals surface area (Å²) in [6.45, 7) is 0. The first-order valence-corrected chi connectivity index (χ1v) is 15.9. The van der Waals surface area contributed by atoms with Gasteiger partial charge in [0.15, 0.2) is 0 Å². The van der Waals surface area contributed by atoms with Gasteiger partial charge in [-0.05, 0) is 95.7 Å². The van der Waals surface area contributed by atoms with E-state index in [4.69, 9.17) is 0 Å². The number of hydrogen-bond acceptors (Lipinski definition) is 3. The Hall–Kier alpha value is -6.32. The van der Waals surface area contributed by atoms with E-state index in [-0.39, 0.29) is 0 Å². The van der Waals surface area contributed by atoms with Gasteiger partial charge in [-0.25, -0.2) is 0 Å². The molecule has 1 N–H and O–H groups in total. The molecule has 0 aromatic heterocycles. The zero-order valence-electron chi connectivity index (χ0n) is 25.9. The van der Waals surface area contributed by atoms with Gasteiger partial charge in [0.2, 0.25) is 0 Å². The van der Waals surface area contributed by atoms with Gasteiger partial charge >= 0.3 is 0 Å². The number of rotatable bonds is 8. The average Bonchev–Trinajstić information content (AvgIpc) is 3.14. The van der Waals surface area contributed by atoms with Crippen molar-refractivity contribution in [3.63, 3.8) is 0 Å². The summed E-state index contributed by atoms with van der Waals surface area (Å²) in [5.74, 6) is 0. The fraction of sp³-hybridized carbons (Fsp3) is 0. The highest BCUT2D eigenvalue weighted by Gasteiger charge is 2.18. The molecule has 224 valence electrons. The van der Waals surface area contributed by atoms with E-state index in [1.165, 1.54) is 21.5 Å². The number of nitrogens with one attached hydrogen (secondary N) is 1. The lowest BCUT2D eigenvalue weighted by Crippen LogP contribution is -2.11. The van der Waals surface area contributed by atoms with Crippen LogP contribution in [-0.2, 0) is 0 Å². The summed E-state index contributed by atoms with van der Waals surface area (Å²) < 4.78 is 0. The number of anilines is 8. The summed E-state index contributed by atoms with van der Waals surface area (Å²) in [5.41, 5.74) is 8.80. The Balaban J connectivity index is 1.12. The van der Waals surface area contributed by atoms with Crippen molar-refractivity contribution in [3.8, 4) is 0 Å². The fourth-order valence-electron chi connectivity index (χ4n) is 6.37. The Kier molecular flexibility index (Phi) is 7.54. The minimum Gasteiger partial charge on any atom is -0.356 e. The van der Waals surface area contributed by atoms with Gasteiger partial charge in [-0.1, -0.05) is 109 Å². The van der Waals surface area contributed by atoms with Crippen molar-refractivity contribution in [1.29, 1.82) is 0 Å². The molecule has 0 fully saturated rings. The van der Waals surface area contributed by atoms with Crippen LogP contribution in [0.2, 0.25) is 0 Å². The van der Waals surface area contributed by atoms with Gasteiger partial charge in [-0.15, -0.1) is 0 Å². The Bertz CT molecular complexity index is 2130. The molecule has 0 spiro atoms. The predicted molar refractivity (Wildman–Crippen MR) is 201 cm³/mol. The van der Waals surface area contributed by atoms with E-state index in [2.05, 4.69) is 197 Å². The maximum absolute atomic E-state index is 3.62. The van der Waals surface area contributed by atoms with E-state index < -0.39 is 0 Å². The van der Waals surface area contributed by atoms with Crippen LogP contribution in [0, 0.1) is 0 Å². The molecule has 0 saturated carbocycles. The van der Waals surface area contributed by atoms with Crippen LogP contribution in [0.3, 0.4) is 0 Å². The van der Waals surface area contributed by atoms with Crippen LogP contribution in [0.25, 0.3) is 21.5 Å². The number of para-hydroxylation sites is 2. The van der Waals surface area contributed by atoms with Gasteiger partial charge in [-0.3, -0.25) is 0 Å². The van der Waals surface area contributed by atoms with Crippen LogP contribution < -0.4 is 15.1 Å². The first-order valence-electron chi connectivity index (χ1n) is 15.9. The molecule has 3 nitrogen and oxygen atoms in total. The van der Waals surface area contributed by atoms with E-state index in [9.17, 15) is 0 Å². The largest absolute Gasteiger partial charge is 0.356 e. The van der Waals surface area contributed by atoms with E-state index in [1.807, 2.05) is 12.1 Å². The summed E-state index contributed by atoms with van der Waals surface area (Å²) >= 11 is 0. The first-order chi connectivity index (χ1) is 23.3. The SMILES string of the molecule is c1ccc(N(c2ccccc2)c2ccc(Nc3ccc(N(c4cccc5ccccc45)c4cccc5ccccc45)cc3)cc2)cc1. The van der Waals surface area contributed by atoms with Crippen molar-refractivity contribution in [2.45, 2.75) is 0 Å². The molecule has 8 aromatic carbocycles. The highest BCUT2D eigenvalue weighted by atomic mass is 15.1. The third-order valence-corrected chi connectivity index (χ3v) is 8.58. The molecule has 0 saturated heterocycles. The van der Waals surface area contributed by atoms with E-state index in [0.29, 0.717) is 0 Å². The van der Waals surface area contributed by atoms with Crippen molar-refractivity contribution >= 4 is 67.0 Å². The Morgan fingerprint density at radius 1 is 0.277 bits per heavy atom. The van der Waals surface area contributed by atoms with Crippen molar-refractivity contribution in [1.82, 2.24) is 0 Å². The third kappa shape index (κ3) is 5.67. The molecule has 0 aliphatic carbocycles.